The van der Waals surface area contributed by atoms with Crippen molar-refractivity contribution in [1.29, 1.82) is 0 Å². The van der Waals surface area contributed by atoms with Crippen LogP contribution in [0, 0.1) is 24.6 Å². The number of carbonyl (C=O) groups is 1. The molecule has 0 spiro atoms. The van der Waals surface area contributed by atoms with Gasteiger partial charge < -0.3 is 9.42 Å². The molecule has 5 nitrogen and oxygen atoms in total. The fraction of sp³-hybridized carbons (Fsp3) is 0.370. The van der Waals surface area contributed by atoms with Crippen LogP contribution in [0.4, 0.5) is 4.39 Å². The molecule has 172 valence electrons. The molecule has 1 saturated carbocycles. The molecule has 1 unspecified atom stereocenters. The van der Waals surface area contributed by atoms with Crippen LogP contribution >= 0.6 is 0 Å². The van der Waals surface area contributed by atoms with Gasteiger partial charge in [-0.3, -0.25) is 4.79 Å². The second kappa shape index (κ2) is 10.2. The second-order valence-corrected chi connectivity index (χ2v) is 9.15. The van der Waals surface area contributed by atoms with Crippen LogP contribution in [-0.2, 0) is 0 Å². The summed E-state index contributed by atoms with van der Waals surface area (Å²) in [6.07, 6.45) is 8.26. The largest absolute Gasteiger partial charge is 0.334 e. The molecule has 1 aliphatic rings. The summed E-state index contributed by atoms with van der Waals surface area (Å²) < 4.78 is 18.6. The summed E-state index contributed by atoms with van der Waals surface area (Å²) >= 11 is 0. The van der Waals surface area contributed by atoms with Gasteiger partial charge in [0.2, 0.25) is 11.6 Å². The van der Waals surface area contributed by atoms with E-state index in [4.69, 9.17) is 4.52 Å². The van der Waals surface area contributed by atoms with Gasteiger partial charge in [0.25, 0.3) is 5.89 Å². The Kier molecular flexibility index (Phi) is 7.14. The third-order valence-corrected chi connectivity index (χ3v) is 6.47. The monoisotopic (exact) mass is 447 g/mol. The number of hydrogen-bond donors (Lipinski definition) is 0. The second-order valence-electron chi connectivity index (χ2n) is 9.15. The molecule has 6 heteroatoms. The first-order chi connectivity index (χ1) is 15.9. The number of benzene rings is 2. The fourth-order valence-electron chi connectivity index (χ4n) is 4.83. The third kappa shape index (κ3) is 5.63. The first-order valence-electron chi connectivity index (χ1n) is 11.5. The van der Waals surface area contributed by atoms with E-state index in [0.29, 0.717) is 23.3 Å². The Balaban J connectivity index is 1.36. The number of hydrogen-bond acceptors (Lipinski definition) is 5. The van der Waals surface area contributed by atoms with Crippen LogP contribution in [0.1, 0.15) is 64.9 Å². The molecule has 0 bridgehead atoms. The van der Waals surface area contributed by atoms with Crippen LogP contribution in [0.2, 0.25) is 0 Å². The van der Waals surface area contributed by atoms with Crippen molar-refractivity contribution in [1.82, 2.24) is 15.0 Å². The summed E-state index contributed by atoms with van der Waals surface area (Å²) in [5.41, 5.74) is 2.73. The Bertz CT molecular complexity index is 1110. The van der Waals surface area contributed by atoms with E-state index in [1.165, 1.54) is 0 Å². The SMILES string of the molecule is Cc1cccc(C(=O)c2noc(C=CC3CCC(C(c4ccc(F)cc4)N(C)C)CC3)n2)c1. The molecule has 33 heavy (non-hydrogen) atoms. The van der Waals surface area contributed by atoms with Gasteiger partial charge in [-0.1, -0.05) is 47.1 Å². The number of allylic oxidation sites excluding steroid dienone is 1. The van der Waals surface area contributed by atoms with E-state index in [9.17, 15) is 9.18 Å². The number of ketones is 1. The van der Waals surface area contributed by atoms with E-state index in [0.717, 1.165) is 36.8 Å². The highest BCUT2D eigenvalue weighted by Crippen LogP contribution is 2.39. The van der Waals surface area contributed by atoms with Gasteiger partial charge in [-0.15, -0.1) is 0 Å². The molecule has 0 N–H and O–H groups in total. The zero-order valence-corrected chi connectivity index (χ0v) is 19.4. The number of carbonyl (C=O) groups excluding carboxylic acids is 1. The Morgan fingerprint density at radius 3 is 2.52 bits per heavy atom. The van der Waals surface area contributed by atoms with Gasteiger partial charge in [-0.25, -0.2) is 4.39 Å². The molecule has 2 aromatic carbocycles. The van der Waals surface area contributed by atoms with Crippen molar-refractivity contribution in [2.24, 2.45) is 11.8 Å². The average Bonchev–Trinajstić information content (AvgIpc) is 3.28. The first-order valence-corrected chi connectivity index (χ1v) is 11.5. The number of aromatic nitrogens is 2. The summed E-state index contributed by atoms with van der Waals surface area (Å²) in [6.45, 7) is 1.94. The molecule has 0 aliphatic heterocycles. The van der Waals surface area contributed by atoms with Crippen molar-refractivity contribution in [3.8, 4) is 0 Å². The molecule has 0 amide bonds. The van der Waals surface area contributed by atoms with Crippen LogP contribution in [0.3, 0.4) is 0 Å². The molecule has 4 rings (SSSR count). The van der Waals surface area contributed by atoms with Crippen LogP contribution in [-0.4, -0.2) is 34.9 Å². The molecular formula is C27H30FN3O2. The first kappa shape index (κ1) is 23.1. The molecule has 0 radical (unpaired) electrons. The minimum absolute atomic E-state index is 0.0806. The standard InChI is InChI=1S/C27H30FN3O2/c1-18-5-4-6-22(17-18)26(32)27-29-24(33-30-27)16-9-19-7-10-20(11-8-19)25(31(2)3)21-12-14-23(28)15-13-21/h4-6,9,12-17,19-20,25H,7-8,10-11H2,1-3H3. The smallest absolute Gasteiger partial charge is 0.250 e. The van der Waals surface area contributed by atoms with Crippen LogP contribution in [0.25, 0.3) is 6.08 Å². The zero-order chi connectivity index (χ0) is 23.4. The van der Waals surface area contributed by atoms with Gasteiger partial charge >= 0.3 is 0 Å². The maximum absolute atomic E-state index is 13.4. The van der Waals surface area contributed by atoms with E-state index in [1.54, 1.807) is 18.2 Å². The predicted molar refractivity (Wildman–Crippen MR) is 126 cm³/mol. The zero-order valence-electron chi connectivity index (χ0n) is 19.4. The topological polar surface area (TPSA) is 59.2 Å². The summed E-state index contributed by atoms with van der Waals surface area (Å²) in [5, 5.41) is 3.86. The summed E-state index contributed by atoms with van der Waals surface area (Å²) in [4.78, 5) is 19.1. The maximum atomic E-state index is 13.4. The lowest BCUT2D eigenvalue weighted by Crippen LogP contribution is -2.30. The highest BCUT2D eigenvalue weighted by atomic mass is 19.1. The fourth-order valence-corrected chi connectivity index (χ4v) is 4.83. The van der Waals surface area contributed by atoms with Gasteiger partial charge in [0.15, 0.2) is 0 Å². The van der Waals surface area contributed by atoms with Crippen molar-refractivity contribution < 1.29 is 13.7 Å². The summed E-state index contributed by atoms with van der Waals surface area (Å²) in [5.74, 6) is 0.952. The van der Waals surface area contributed by atoms with Gasteiger partial charge in [0, 0.05) is 11.6 Å². The quantitative estimate of drug-likeness (QED) is 0.424. The summed E-state index contributed by atoms with van der Waals surface area (Å²) in [6, 6.07) is 14.5. The number of aryl methyl sites for hydroxylation is 1. The predicted octanol–water partition coefficient (Wildman–Crippen LogP) is 5.87. The molecule has 0 saturated heterocycles. The van der Waals surface area contributed by atoms with Gasteiger partial charge in [0.1, 0.15) is 5.82 Å². The lowest BCUT2D eigenvalue weighted by molar-refractivity contribution is 0.102. The molecule has 1 atom stereocenters. The number of halogens is 1. The Morgan fingerprint density at radius 2 is 1.85 bits per heavy atom. The van der Waals surface area contributed by atoms with E-state index in [2.05, 4.69) is 35.2 Å². The van der Waals surface area contributed by atoms with Crippen molar-refractivity contribution in [3.63, 3.8) is 0 Å². The van der Waals surface area contributed by atoms with Crippen molar-refractivity contribution >= 4 is 11.9 Å². The Hall–Kier alpha value is -3.12. The lowest BCUT2D eigenvalue weighted by Gasteiger charge is -2.37. The normalized spacial score (nSPS) is 19.8. The van der Waals surface area contributed by atoms with Gasteiger partial charge in [0.05, 0.1) is 0 Å². The highest BCUT2D eigenvalue weighted by molar-refractivity contribution is 6.06. The van der Waals surface area contributed by atoms with Crippen molar-refractivity contribution in [3.05, 3.63) is 88.8 Å². The Labute approximate surface area is 194 Å². The minimum atomic E-state index is -0.238. The van der Waals surface area contributed by atoms with Gasteiger partial charge in [-0.05, 0) is 88.4 Å². The lowest BCUT2D eigenvalue weighted by atomic mass is 9.76. The van der Waals surface area contributed by atoms with E-state index in [-0.39, 0.29) is 23.5 Å². The van der Waals surface area contributed by atoms with Crippen molar-refractivity contribution in [2.45, 2.75) is 38.6 Å². The van der Waals surface area contributed by atoms with E-state index < -0.39 is 0 Å². The van der Waals surface area contributed by atoms with Gasteiger partial charge in [-0.2, -0.15) is 4.98 Å². The van der Waals surface area contributed by atoms with Crippen LogP contribution < -0.4 is 0 Å². The highest BCUT2D eigenvalue weighted by Gasteiger charge is 2.29. The molecule has 1 aromatic heterocycles. The third-order valence-electron chi connectivity index (χ3n) is 6.47. The molecule has 1 aliphatic carbocycles. The summed E-state index contributed by atoms with van der Waals surface area (Å²) in [7, 11) is 4.18. The van der Waals surface area contributed by atoms with Crippen LogP contribution in [0.15, 0.2) is 59.1 Å². The molecule has 3 aromatic rings. The minimum Gasteiger partial charge on any atom is -0.334 e. The van der Waals surface area contributed by atoms with Crippen molar-refractivity contribution in [2.75, 3.05) is 14.1 Å². The molecule has 1 heterocycles. The number of nitrogens with zero attached hydrogens (tertiary/aromatic N) is 3. The molecular weight excluding hydrogens is 417 g/mol. The Morgan fingerprint density at radius 1 is 1.12 bits per heavy atom. The average molecular weight is 448 g/mol. The molecule has 1 fully saturated rings. The van der Waals surface area contributed by atoms with E-state index in [1.807, 2.05) is 43.3 Å². The maximum Gasteiger partial charge on any atom is 0.250 e. The van der Waals surface area contributed by atoms with Crippen LogP contribution in [0.5, 0.6) is 0 Å². The van der Waals surface area contributed by atoms with E-state index >= 15 is 0 Å². The number of rotatable bonds is 7.